The Morgan fingerprint density at radius 3 is 3.00 bits per heavy atom. The fourth-order valence-corrected chi connectivity index (χ4v) is 2.16. The molecule has 1 aromatic rings. The van der Waals surface area contributed by atoms with Crippen molar-refractivity contribution in [2.75, 3.05) is 26.4 Å². The van der Waals surface area contributed by atoms with Gasteiger partial charge < -0.3 is 14.8 Å². The lowest BCUT2D eigenvalue weighted by molar-refractivity contribution is -0.102. The molecular formula is C14H20FNO2. The van der Waals surface area contributed by atoms with Crippen LogP contribution >= 0.6 is 0 Å². The van der Waals surface area contributed by atoms with Crippen LogP contribution in [0.1, 0.15) is 24.9 Å². The molecule has 1 N–H and O–H groups in total. The van der Waals surface area contributed by atoms with Crippen molar-refractivity contribution in [2.24, 2.45) is 0 Å². The van der Waals surface area contributed by atoms with Crippen LogP contribution in [0.4, 0.5) is 4.39 Å². The molecule has 3 nitrogen and oxygen atoms in total. The molecule has 1 saturated heterocycles. The Kier molecular flexibility index (Phi) is 5.11. The molecule has 1 aliphatic heterocycles. The van der Waals surface area contributed by atoms with Crippen LogP contribution in [-0.2, 0) is 9.47 Å². The summed E-state index contributed by atoms with van der Waals surface area (Å²) in [5, 5.41) is 3.41. The highest BCUT2D eigenvalue weighted by molar-refractivity contribution is 5.21. The number of rotatable bonds is 5. The summed E-state index contributed by atoms with van der Waals surface area (Å²) < 4.78 is 24.5. The first-order valence-corrected chi connectivity index (χ1v) is 6.49. The van der Waals surface area contributed by atoms with Crippen LogP contribution in [0.5, 0.6) is 0 Å². The van der Waals surface area contributed by atoms with E-state index in [-0.39, 0.29) is 18.0 Å². The highest BCUT2D eigenvalue weighted by Gasteiger charge is 2.26. The molecule has 0 aromatic heterocycles. The van der Waals surface area contributed by atoms with E-state index >= 15 is 0 Å². The Morgan fingerprint density at radius 2 is 2.33 bits per heavy atom. The summed E-state index contributed by atoms with van der Waals surface area (Å²) in [4.78, 5) is 0. The quantitative estimate of drug-likeness (QED) is 0.873. The predicted octanol–water partition coefficient (Wildman–Crippen LogP) is 2.28. The van der Waals surface area contributed by atoms with Gasteiger partial charge in [0.15, 0.2) is 0 Å². The van der Waals surface area contributed by atoms with Gasteiger partial charge in [0.1, 0.15) is 11.9 Å². The van der Waals surface area contributed by atoms with Crippen LogP contribution < -0.4 is 5.32 Å². The van der Waals surface area contributed by atoms with E-state index < -0.39 is 0 Å². The van der Waals surface area contributed by atoms with Gasteiger partial charge in [-0.05, 0) is 30.7 Å². The van der Waals surface area contributed by atoms with E-state index in [2.05, 4.69) is 12.2 Å². The zero-order valence-corrected chi connectivity index (χ0v) is 10.7. The Balaban J connectivity index is 2.12. The number of nitrogens with one attached hydrogen (secondary N) is 1. The largest absolute Gasteiger partial charge is 0.376 e. The molecule has 0 saturated carbocycles. The summed E-state index contributed by atoms with van der Waals surface area (Å²) in [5.74, 6) is -0.215. The molecule has 1 aromatic carbocycles. The molecule has 2 rings (SSSR count). The van der Waals surface area contributed by atoms with Crippen molar-refractivity contribution in [1.82, 2.24) is 5.32 Å². The van der Waals surface area contributed by atoms with Gasteiger partial charge in [-0.1, -0.05) is 19.1 Å². The molecular weight excluding hydrogens is 233 g/mol. The van der Waals surface area contributed by atoms with E-state index in [0.29, 0.717) is 19.8 Å². The Bertz CT molecular complexity index is 367. The average molecular weight is 253 g/mol. The van der Waals surface area contributed by atoms with Gasteiger partial charge >= 0.3 is 0 Å². The van der Waals surface area contributed by atoms with Crippen molar-refractivity contribution in [2.45, 2.75) is 25.5 Å². The Hall–Kier alpha value is -0.970. The van der Waals surface area contributed by atoms with Crippen LogP contribution in [-0.4, -0.2) is 32.5 Å². The predicted molar refractivity (Wildman–Crippen MR) is 68.0 cm³/mol. The van der Waals surface area contributed by atoms with Crippen LogP contribution in [0, 0.1) is 5.82 Å². The molecule has 2 unspecified atom stereocenters. The lowest BCUT2D eigenvalue weighted by Crippen LogP contribution is -2.40. The highest BCUT2D eigenvalue weighted by atomic mass is 19.1. The molecule has 100 valence electrons. The van der Waals surface area contributed by atoms with Gasteiger partial charge in [0.05, 0.1) is 25.9 Å². The molecule has 1 aliphatic rings. The van der Waals surface area contributed by atoms with Gasteiger partial charge in [0.25, 0.3) is 0 Å². The van der Waals surface area contributed by atoms with Crippen molar-refractivity contribution in [3.63, 3.8) is 0 Å². The van der Waals surface area contributed by atoms with Gasteiger partial charge in [-0.3, -0.25) is 0 Å². The van der Waals surface area contributed by atoms with Crippen LogP contribution in [0.15, 0.2) is 24.3 Å². The Labute approximate surface area is 107 Å². The van der Waals surface area contributed by atoms with E-state index in [0.717, 1.165) is 18.5 Å². The Morgan fingerprint density at radius 1 is 1.44 bits per heavy atom. The third-order valence-electron chi connectivity index (χ3n) is 3.04. The third-order valence-corrected chi connectivity index (χ3v) is 3.04. The first-order chi connectivity index (χ1) is 8.81. The average Bonchev–Trinajstić information content (AvgIpc) is 2.40. The number of benzene rings is 1. The molecule has 1 fully saturated rings. The maximum absolute atomic E-state index is 13.3. The molecule has 2 atom stereocenters. The van der Waals surface area contributed by atoms with Gasteiger partial charge in [-0.2, -0.15) is 0 Å². The third kappa shape index (κ3) is 3.51. The molecule has 1 heterocycles. The monoisotopic (exact) mass is 253 g/mol. The van der Waals surface area contributed by atoms with Crippen LogP contribution in [0.2, 0.25) is 0 Å². The van der Waals surface area contributed by atoms with Crippen molar-refractivity contribution in [3.05, 3.63) is 35.6 Å². The topological polar surface area (TPSA) is 30.5 Å². The van der Waals surface area contributed by atoms with E-state index in [4.69, 9.17) is 9.47 Å². The second-order valence-corrected chi connectivity index (χ2v) is 4.47. The minimum atomic E-state index is -0.215. The number of ether oxygens (including phenoxy) is 2. The molecule has 0 aliphatic carbocycles. The lowest BCUT2D eigenvalue weighted by Gasteiger charge is -2.31. The van der Waals surface area contributed by atoms with Crippen molar-refractivity contribution < 1.29 is 13.9 Å². The first-order valence-electron chi connectivity index (χ1n) is 6.49. The maximum atomic E-state index is 13.3. The molecule has 18 heavy (non-hydrogen) atoms. The summed E-state index contributed by atoms with van der Waals surface area (Å²) in [7, 11) is 0. The van der Waals surface area contributed by atoms with Gasteiger partial charge in [-0.15, -0.1) is 0 Å². The van der Waals surface area contributed by atoms with E-state index in [9.17, 15) is 4.39 Å². The first kappa shape index (κ1) is 13.5. The molecule has 0 spiro atoms. The molecule has 0 bridgehead atoms. The summed E-state index contributed by atoms with van der Waals surface area (Å²) in [6.45, 7) is 4.78. The second kappa shape index (κ2) is 6.83. The normalized spacial score (nSPS) is 21.8. The van der Waals surface area contributed by atoms with Gasteiger partial charge in [0, 0.05) is 0 Å². The summed E-state index contributed by atoms with van der Waals surface area (Å²) in [6, 6.07) is 6.66. The fourth-order valence-electron chi connectivity index (χ4n) is 2.16. The lowest BCUT2D eigenvalue weighted by atomic mass is 10.0. The summed E-state index contributed by atoms with van der Waals surface area (Å²) in [5.41, 5.74) is 0.916. The number of hydrogen-bond acceptors (Lipinski definition) is 3. The van der Waals surface area contributed by atoms with Crippen molar-refractivity contribution in [1.29, 1.82) is 0 Å². The zero-order chi connectivity index (χ0) is 12.8. The summed E-state index contributed by atoms with van der Waals surface area (Å²) >= 11 is 0. The number of halogens is 1. The van der Waals surface area contributed by atoms with Gasteiger partial charge in [-0.25, -0.2) is 4.39 Å². The molecule has 0 radical (unpaired) electrons. The van der Waals surface area contributed by atoms with E-state index in [1.54, 1.807) is 12.1 Å². The van der Waals surface area contributed by atoms with Crippen LogP contribution in [0.25, 0.3) is 0 Å². The second-order valence-electron chi connectivity index (χ2n) is 4.47. The van der Waals surface area contributed by atoms with Gasteiger partial charge in [0.2, 0.25) is 0 Å². The van der Waals surface area contributed by atoms with E-state index in [1.807, 2.05) is 6.07 Å². The summed E-state index contributed by atoms with van der Waals surface area (Å²) in [6.07, 6.45) is 0.978. The SMILES string of the molecule is CCCNC(c1cccc(F)c1)C1COCCO1. The zero-order valence-electron chi connectivity index (χ0n) is 10.7. The smallest absolute Gasteiger partial charge is 0.123 e. The molecule has 0 amide bonds. The van der Waals surface area contributed by atoms with E-state index in [1.165, 1.54) is 6.07 Å². The van der Waals surface area contributed by atoms with Crippen LogP contribution in [0.3, 0.4) is 0 Å². The van der Waals surface area contributed by atoms with Crippen molar-refractivity contribution >= 4 is 0 Å². The minimum Gasteiger partial charge on any atom is -0.376 e. The standard InChI is InChI=1S/C14H20FNO2/c1-2-6-16-14(13-10-17-7-8-18-13)11-4-3-5-12(15)9-11/h3-5,9,13-14,16H,2,6-8,10H2,1H3. The highest BCUT2D eigenvalue weighted by Crippen LogP contribution is 2.22. The minimum absolute atomic E-state index is 0.0130. The fraction of sp³-hybridized carbons (Fsp3) is 0.571. The van der Waals surface area contributed by atoms with Crippen molar-refractivity contribution in [3.8, 4) is 0 Å². The maximum Gasteiger partial charge on any atom is 0.123 e. The molecule has 4 heteroatoms. The number of hydrogen-bond donors (Lipinski definition) is 1.